The highest BCUT2D eigenvalue weighted by atomic mass is 35.5. The van der Waals surface area contributed by atoms with Crippen molar-refractivity contribution in [1.29, 1.82) is 0 Å². The zero-order valence-corrected chi connectivity index (χ0v) is 15.9. The zero-order valence-electron chi connectivity index (χ0n) is 15.0. The molecule has 10 heteroatoms. The maximum atomic E-state index is 12.3. The molecule has 2 fully saturated rings. The molecule has 3 rings (SSSR count). The molecule has 2 aliphatic rings. The van der Waals surface area contributed by atoms with Crippen molar-refractivity contribution in [2.24, 2.45) is 5.73 Å². The summed E-state index contributed by atoms with van der Waals surface area (Å²) in [7, 11) is 1.55. The van der Waals surface area contributed by atoms with Crippen molar-refractivity contribution in [3.05, 3.63) is 12.4 Å². The van der Waals surface area contributed by atoms with Crippen LogP contribution in [0.2, 0.25) is 0 Å². The van der Waals surface area contributed by atoms with Gasteiger partial charge in [0, 0.05) is 52.4 Å². The summed E-state index contributed by atoms with van der Waals surface area (Å²) in [5.74, 6) is 1.76. The topological polar surface area (TPSA) is 97.1 Å². The standard InChI is InChI=1S/C16H26N6O3.ClH/c1-24-11-13(17)16(23)22-4-2-20(3-5-22)14-10-15(19-12-18-14)21-6-8-25-9-7-21;/h10,12-13H,2-9,11,17H2,1H3;1H. The van der Waals surface area contributed by atoms with Crippen LogP contribution < -0.4 is 15.5 Å². The Morgan fingerprint density at radius 3 is 2.31 bits per heavy atom. The van der Waals surface area contributed by atoms with Crippen molar-refractivity contribution in [1.82, 2.24) is 14.9 Å². The molecule has 0 spiro atoms. The van der Waals surface area contributed by atoms with E-state index in [0.717, 1.165) is 51.0 Å². The third-order valence-electron chi connectivity index (χ3n) is 4.55. The number of nitrogens with two attached hydrogens (primary N) is 1. The van der Waals surface area contributed by atoms with Crippen molar-refractivity contribution in [3.63, 3.8) is 0 Å². The molecule has 0 saturated carbocycles. The second kappa shape index (κ2) is 9.86. The summed E-state index contributed by atoms with van der Waals surface area (Å²) in [6.07, 6.45) is 1.60. The monoisotopic (exact) mass is 386 g/mol. The average Bonchev–Trinajstić information content (AvgIpc) is 2.68. The molecule has 1 aromatic rings. The normalized spacial score (nSPS) is 19.1. The van der Waals surface area contributed by atoms with Crippen LogP contribution in [0, 0.1) is 0 Å². The molecular weight excluding hydrogens is 360 g/mol. The highest BCUT2D eigenvalue weighted by molar-refractivity contribution is 5.85. The summed E-state index contributed by atoms with van der Waals surface area (Å²) < 4.78 is 10.3. The Kier molecular flexibility index (Phi) is 7.83. The van der Waals surface area contributed by atoms with Crippen molar-refractivity contribution in [3.8, 4) is 0 Å². The number of morpholine rings is 1. The van der Waals surface area contributed by atoms with Gasteiger partial charge in [-0.25, -0.2) is 9.97 Å². The van der Waals surface area contributed by atoms with Crippen LogP contribution in [-0.4, -0.2) is 93.0 Å². The van der Waals surface area contributed by atoms with Crippen LogP contribution in [0.1, 0.15) is 0 Å². The van der Waals surface area contributed by atoms with E-state index >= 15 is 0 Å². The van der Waals surface area contributed by atoms with E-state index in [2.05, 4.69) is 19.8 Å². The molecule has 26 heavy (non-hydrogen) atoms. The Bertz CT molecular complexity index is 579. The van der Waals surface area contributed by atoms with Crippen molar-refractivity contribution < 1.29 is 14.3 Å². The first-order valence-corrected chi connectivity index (χ1v) is 8.62. The Labute approximate surface area is 159 Å². The molecule has 0 aliphatic carbocycles. The van der Waals surface area contributed by atoms with Crippen LogP contribution in [0.3, 0.4) is 0 Å². The molecule has 1 unspecified atom stereocenters. The van der Waals surface area contributed by atoms with E-state index in [1.165, 1.54) is 0 Å². The highest BCUT2D eigenvalue weighted by Crippen LogP contribution is 2.20. The van der Waals surface area contributed by atoms with E-state index in [9.17, 15) is 4.79 Å². The molecule has 1 aromatic heterocycles. The van der Waals surface area contributed by atoms with Crippen molar-refractivity contribution in [2.75, 3.05) is 76.0 Å². The summed E-state index contributed by atoms with van der Waals surface area (Å²) in [4.78, 5) is 27.2. The first-order valence-electron chi connectivity index (χ1n) is 8.62. The first-order chi connectivity index (χ1) is 12.2. The predicted octanol–water partition coefficient (Wildman–Crippen LogP) is -0.643. The Hall–Kier alpha value is -1.68. The van der Waals surface area contributed by atoms with Crippen LogP contribution in [0.25, 0.3) is 0 Å². The van der Waals surface area contributed by atoms with E-state index in [1.807, 2.05) is 6.07 Å². The molecule has 2 aliphatic heterocycles. The second-order valence-electron chi connectivity index (χ2n) is 6.21. The number of carbonyl (C=O) groups is 1. The van der Waals surface area contributed by atoms with E-state index < -0.39 is 6.04 Å². The number of amides is 1. The number of hydrogen-bond acceptors (Lipinski definition) is 8. The molecule has 0 aromatic carbocycles. The smallest absolute Gasteiger partial charge is 0.241 e. The van der Waals surface area contributed by atoms with Crippen molar-refractivity contribution >= 4 is 29.9 Å². The zero-order chi connectivity index (χ0) is 17.6. The molecule has 9 nitrogen and oxygen atoms in total. The predicted molar refractivity (Wildman–Crippen MR) is 101 cm³/mol. The number of rotatable bonds is 5. The summed E-state index contributed by atoms with van der Waals surface area (Å²) >= 11 is 0. The van der Waals surface area contributed by atoms with Gasteiger partial charge in [0.1, 0.15) is 24.0 Å². The second-order valence-corrected chi connectivity index (χ2v) is 6.21. The molecule has 0 bridgehead atoms. The number of hydrogen-bond donors (Lipinski definition) is 1. The number of nitrogens with zero attached hydrogens (tertiary/aromatic N) is 5. The molecule has 1 atom stereocenters. The highest BCUT2D eigenvalue weighted by Gasteiger charge is 2.26. The lowest BCUT2D eigenvalue weighted by molar-refractivity contribution is -0.134. The lowest BCUT2D eigenvalue weighted by Crippen LogP contribution is -2.54. The summed E-state index contributed by atoms with van der Waals surface area (Å²) in [6, 6.07) is 1.42. The Balaban J connectivity index is 0.00000243. The summed E-state index contributed by atoms with van der Waals surface area (Å²) in [6.45, 7) is 6.10. The van der Waals surface area contributed by atoms with E-state index in [4.69, 9.17) is 15.2 Å². The third kappa shape index (κ3) is 4.94. The van der Waals surface area contributed by atoms with E-state index in [0.29, 0.717) is 13.1 Å². The summed E-state index contributed by atoms with van der Waals surface area (Å²) in [5.41, 5.74) is 5.84. The molecule has 2 saturated heterocycles. The van der Waals surface area contributed by atoms with E-state index in [-0.39, 0.29) is 24.9 Å². The fourth-order valence-corrected chi connectivity index (χ4v) is 3.12. The lowest BCUT2D eigenvalue weighted by Gasteiger charge is -2.36. The fourth-order valence-electron chi connectivity index (χ4n) is 3.12. The van der Waals surface area contributed by atoms with Gasteiger partial charge in [0.05, 0.1) is 19.8 Å². The van der Waals surface area contributed by atoms with Gasteiger partial charge in [-0.2, -0.15) is 0 Å². The van der Waals surface area contributed by atoms with Gasteiger partial charge < -0.3 is 29.9 Å². The minimum atomic E-state index is -0.594. The number of anilines is 2. The molecular formula is C16H27ClN6O3. The van der Waals surface area contributed by atoms with Crippen LogP contribution in [0.5, 0.6) is 0 Å². The quantitative estimate of drug-likeness (QED) is 0.713. The molecule has 0 radical (unpaired) electrons. The summed E-state index contributed by atoms with van der Waals surface area (Å²) in [5, 5.41) is 0. The van der Waals surface area contributed by atoms with Crippen LogP contribution in [0.15, 0.2) is 12.4 Å². The van der Waals surface area contributed by atoms with Gasteiger partial charge in [0.25, 0.3) is 0 Å². The van der Waals surface area contributed by atoms with Crippen LogP contribution in [0.4, 0.5) is 11.6 Å². The maximum Gasteiger partial charge on any atom is 0.241 e. The van der Waals surface area contributed by atoms with Gasteiger partial charge in [-0.1, -0.05) is 0 Å². The van der Waals surface area contributed by atoms with Gasteiger partial charge >= 0.3 is 0 Å². The Morgan fingerprint density at radius 1 is 1.15 bits per heavy atom. The molecule has 2 N–H and O–H groups in total. The minimum absolute atomic E-state index is 0. The SMILES string of the molecule is COCC(N)C(=O)N1CCN(c2cc(N3CCOCC3)ncn2)CC1.Cl. The number of piperazine rings is 1. The largest absolute Gasteiger partial charge is 0.383 e. The lowest BCUT2D eigenvalue weighted by atomic mass is 10.2. The van der Waals surface area contributed by atoms with Gasteiger partial charge in [-0.3, -0.25) is 4.79 Å². The number of aromatic nitrogens is 2. The number of carbonyl (C=O) groups excluding carboxylic acids is 1. The number of halogens is 1. The van der Waals surface area contributed by atoms with Crippen molar-refractivity contribution in [2.45, 2.75) is 6.04 Å². The fraction of sp³-hybridized carbons (Fsp3) is 0.688. The molecule has 146 valence electrons. The molecule has 1 amide bonds. The van der Waals surface area contributed by atoms with Gasteiger partial charge in [0.2, 0.25) is 5.91 Å². The van der Waals surface area contributed by atoms with Gasteiger partial charge in [0.15, 0.2) is 0 Å². The maximum absolute atomic E-state index is 12.3. The number of ether oxygens (including phenoxy) is 2. The minimum Gasteiger partial charge on any atom is -0.383 e. The number of methoxy groups -OCH3 is 1. The van der Waals surface area contributed by atoms with E-state index in [1.54, 1.807) is 18.3 Å². The van der Waals surface area contributed by atoms with Gasteiger partial charge in [-0.15, -0.1) is 12.4 Å². The first kappa shape index (κ1) is 20.6. The van der Waals surface area contributed by atoms with Gasteiger partial charge in [-0.05, 0) is 0 Å². The third-order valence-corrected chi connectivity index (χ3v) is 4.55. The molecule has 3 heterocycles. The van der Waals surface area contributed by atoms with Crippen LogP contribution >= 0.6 is 12.4 Å². The Morgan fingerprint density at radius 2 is 1.73 bits per heavy atom. The van der Waals surface area contributed by atoms with Crippen LogP contribution in [-0.2, 0) is 14.3 Å². The average molecular weight is 387 g/mol.